The van der Waals surface area contributed by atoms with Gasteiger partial charge in [0, 0.05) is 12.5 Å². The van der Waals surface area contributed by atoms with Gasteiger partial charge in [-0.25, -0.2) is 4.98 Å². The molecule has 0 spiro atoms. The van der Waals surface area contributed by atoms with E-state index in [1.54, 1.807) is 12.1 Å². The Balaban J connectivity index is 1.50. The third-order valence-corrected chi connectivity index (χ3v) is 4.37. The molecular formula is C19H20F3N3O2. The Morgan fingerprint density at radius 1 is 1.22 bits per heavy atom. The van der Waals surface area contributed by atoms with Crippen LogP contribution in [0.25, 0.3) is 0 Å². The van der Waals surface area contributed by atoms with Crippen LogP contribution in [0.15, 0.2) is 42.6 Å². The molecule has 1 fully saturated rings. The highest BCUT2D eigenvalue weighted by molar-refractivity contribution is 5.90. The number of amides is 1. The zero-order valence-corrected chi connectivity index (χ0v) is 14.6. The summed E-state index contributed by atoms with van der Waals surface area (Å²) in [5, 5.41) is 6.05. The Hall–Kier alpha value is -2.61. The monoisotopic (exact) mass is 379 g/mol. The van der Waals surface area contributed by atoms with Crippen LogP contribution < -0.4 is 15.4 Å². The number of carbonyl (C=O) groups is 1. The molecule has 5 nitrogen and oxygen atoms in total. The summed E-state index contributed by atoms with van der Waals surface area (Å²) in [6.45, 7) is 1.97. The zero-order valence-electron chi connectivity index (χ0n) is 14.6. The number of carbonyl (C=O) groups excluding carboxylic acids is 1. The Morgan fingerprint density at radius 3 is 2.59 bits per heavy atom. The average molecular weight is 379 g/mol. The molecule has 1 aromatic heterocycles. The summed E-state index contributed by atoms with van der Waals surface area (Å²) in [6, 6.07) is 7.55. The van der Waals surface area contributed by atoms with Crippen LogP contribution in [0, 0.1) is 5.92 Å². The minimum Gasteiger partial charge on any atom is -0.439 e. The molecule has 1 amide bonds. The van der Waals surface area contributed by atoms with E-state index in [0.29, 0.717) is 18.0 Å². The molecule has 0 aliphatic carbocycles. The summed E-state index contributed by atoms with van der Waals surface area (Å²) >= 11 is 0. The third kappa shape index (κ3) is 5.68. The summed E-state index contributed by atoms with van der Waals surface area (Å²) in [4.78, 5) is 16.0. The molecule has 2 aromatic rings. The third-order valence-electron chi connectivity index (χ3n) is 4.37. The molecule has 3 rings (SSSR count). The Bertz CT molecular complexity index is 755. The highest BCUT2D eigenvalue weighted by Crippen LogP contribution is 2.31. The predicted molar refractivity (Wildman–Crippen MR) is 94.6 cm³/mol. The van der Waals surface area contributed by atoms with Crippen LogP contribution in [0.4, 0.5) is 18.9 Å². The largest absolute Gasteiger partial charge is 0.439 e. The van der Waals surface area contributed by atoms with Gasteiger partial charge in [-0.15, -0.1) is 0 Å². The molecule has 144 valence electrons. The second-order valence-electron chi connectivity index (χ2n) is 6.45. The van der Waals surface area contributed by atoms with Crippen molar-refractivity contribution in [1.29, 1.82) is 0 Å². The van der Waals surface area contributed by atoms with Crippen LogP contribution in [0.1, 0.15) is 24.8 Å². The summed E-state index contributed by atoms with van der Waals surface area (Å²) < 4.78 is 43.1. The van der Waals surface area contributed by atoms with Gasteiger partial charge in [0.25, 0.3) is 0 Å². The van der Waals surface area contributed by atoms with Gasteiger partial charge in [0.15, 0.2) is 0 Å². The molecular weight excluding hydrogens is 359 g/mol. The maximum Gasteiger partial charge on any atom is 0.416 e. The van der Waals surface area contributed by atoms with Crippen molar-refractivity contribution < 1.29 is 22.7 Å². The number of hydrogen-bond acceptors (Lipinski definition) is 4. The van der Waals surface area contributed by atoms with E-state index in [0.717, 1.165) is 38.1 Å². The second kappa shape index (κ2) is 8.39. The van der Waals surface area contributed by atoms with Gasteiger partial charge < -0.3 is 15.4 Å². The lowest BCUT2D eigenvalue weighted by Crippen LogP contribution is -2.15. The second-order valence-corrected chi connectivity index (χ2v) is 6.45. The van der Waals surface area contributed by atoms with Gasteiger partial charge in [-0.2, -0.15) is 13.2 Å². The number of nitrogens with one attached hydrogen (secondary N) is 2. The van der Waals surface area contributed by atoms with Gasteiger partial charge in [0.2, 0.25) is 11.8 Å². The number of halogens is 3. The van der Waals surface area contributed by atoms with Crippen molar-refractivity contribution in [1.82, 2.24) is 10.3 Å². The Morgan fingerprint density at radius 2 is 2.00 bits per heavy atom. The molecule has 0 saturated carbocycles. The lowest BCUT2D eigenvalue weighted by atomic mass is 10.0. The number of ether oxygens (including phenoxy) is 1. The zero-order chi connectivity index (χ0) is 19.3. The van der Waals surface area contributed by atoms with Gasteiger partial charge in [-0.3, -0.25) is 4.79 Å². The lowest BCUT2D eigenvalue weighted by molar-refractivity contribution is -0.137. The fourth-order valence-corrected chi connectivity index (χ4v) is 2.87. The molecule has 1 saturated heterocycles. The molecule has 1 aliphatic heterocycles. The maximum atomic E-state index is 12.5. The fraction of sp³-hybridized carbons (Fsp3) is 0.368. The lowest BCUT2D eigenvalue weighted by Gasteiger charge is -2.10. The first-order valence-corrected chi connectivity index (χ1v) is 8.72. The van der Waals surface area contributed by atoms with E-state index in [1.807, 2.05) is 0 Å². The average Bonchev–Trinajstić information content (AvgIpc) is 3.15. The van der Waals surface area contributed by atoms with Crippen molar-refractivity contribution in [3.05, 3.63) is 48.2 Å². The number of anilines is 1. The number of pyridine rings is 1. The van der Waals surface area contributed by atoms with Crippen LogP contribution in [0.5, 0.6) is 11.6 Å². The summed E-state index contributed by atoms with van der Waals surface area (Å²) in [7, 11) is 0. The van der Waals surface area contributed by atoms with E-state index in [-0.39, 0.29) is 17.5 Å². The van der Waals surface area contributed by atoms with Crippen molar-refractivity contribution in [3.63, 3.8) is 0 Å². The van der Waals surface area contributed by atoms with E-state index in [4.69, 9.17) is 4.74 Å². The molecule has 1 unspecified atom stereocenters. The minimum atomic E-state index is -4.38. The fourth-order valence-electron chi connectivity index (χ4n) is 2.87. The van der Waals surface area contributed by atoms with Gasteiger partial charge in [0.05, 0.1) is 17.4 Å². The van der Waals surface area contributed by atoms with Crippen molar-refractivity contribution >= 4 is 11.6 Å². The predicted octanol–water partition coefficient (Wildman–Crippen LogP) is 4.22. The summed E-state index contributed by atoms with van der Waals surface area (Å²) in [5.74, 6) is 0.954. The molecule has 27 heavy (non-hydrogen) atoms. The Kier molecular flexibility index (Phi) is 5.95. The van der Waals surface area contributed by atoms with Crippen molar-refractivity contribution in [2.24, 2.45) is 5.92 Å². The smallest absolute Gasteiger partial charge is 0.416 e. The molecule has 1 aromatic carbocycles. The van der Waals surface area contributed by atoms with Gasteiger partial charge in [-0.05, 0) is 62.2 Å². The first-order chi connectivity index (χ1) is 12.9. The number of benzene rings is 1. The van der Waals surface area contributed by atoms with Crippen LogP contribution in [-0.4, -0.2) is 24.0 Å². The number of nitrogens with zero attached hydrogens (tertiary/aromatic N) is 1. The van der Waals surface area contributed by atoms with Gasteiger partial charge in [0.1, 0.15) is 5.75 Å². The van der Waals surface area contributed by atoms with Crippen LogP contribution in [0.3, 0.4) is 0 Å². The first kappa shape index (κ1) is 19.2. The van der Waals surface area contributed by atoms with Crippen molar-refractivity contribution in [2.75, 3.05) is 18.4 Å². The minimum absolute atomic E-state index is 0.0693. The van der Waals surface area contributed by atoms with Crippen molar-refractivity contribution in [3.8, 4) is 11.6 Å². The standard InChI is InChI=1S/C19H20F3N3O2/c20-19(21,22)14-2-5-16(6-3-14)27-18-8-4-15(12-24-18)25-17(26)7-1-13-9-10-23-11-13/h2-6,8,12-13,23H,1,7,9-11H2,(H,25,26). The van der Waals surface area contributed by atoms with E-state index < -0.39 is 11.7 Å². The SMILES string of the molecule is O=C(CCC1CCNC1)Nc1ccc(Oc2ccc(C(F)(F)F)cc2)nc1. The number of hydrogen-bond donors (Lipinski definition) is 2. The molecule has 8 heteroatoms. The number of aromatic nitrogens is 1. The highest BCUT2D eigenvalue weighted by atomic mass is 19.4. The van der Waals surface area contributed by atoms with Crippen LogP contribution >= 0.6 is 0 Å². The topological polar surface area (TPSA) is 63.2 Å². The quantitative estimate of drug-likeness (QED) is 0.789. The number of alkyl halides is 3. The van der Waals surface area contributed by atoms with Crippen LogP contribution in [0.2, 0.25) is 0 Å². The van der Waals surface area contributed by atoms with E-state index in [1.165, 1.54) is 18.3 Å². The molecule has 0 radical (unpaired) electrons. The molecule has 2 N–H and O–H groups in total. The summed E-state index contributed by atoms with van der Waals surface area (Å²) in [6.07, 6.45) is -0.526. The van der Waals surface area contributed by atoms with Crippen LogP contribution in [-0.2, 0) is 11.0 Å². The van der Waals surface area contributed by atoms with Gasteiger partial charge >= 0.3 is 6.18 Å². The number of rotatable bonds is 6. The molecule has 0 bridgehead atoms. The normalized spacial score (nSPS) is 16.9. The molecule has 1 aliphatic rings. The summed E-state index contributed by atoms with van der Waals surface area (Å²) in [5.41, 5.74) is -0.196. The van der Waals surface area contributed by atoms with Crippen molar-refractivity contribution in [2.45, 2.75) is 25.4 Å². The Labute approximate surface area is 154 Å². The highest BCUT2D eigenvalue weighted by Gasteiger charge is 2.30. The molecule has 1 atom stereocenters. The van der Waals surface area contributed by atoms with E-state index in [9.17, 15) is 18.0 Å². The molecule has 2 heterocycles. The van der Waals surface area contributed by atoms with E-state index in [2.05, 4.69) is 15.6 Å². The first-order valence-electron chi connectivity index (χ1n) is 8.72. The van der Waals surface area contributed by atoms with E-state index >= 15 is 0 Å². The van der Waals surface area contributed by atoms with Gasteiger partial charge in [-0.1, -0.05) is 0 Å². The maximum absolute atomic E-state index is 12.5.